The molecule has 0 radical (unpaired) electrons. The maximum absolute atomic E-state index is 13.5. The molecule has 28 heavy (non-hydrogen) atoms. The highest BCUT2D eigenvalue weighted by molar-refractivity contribution is 5.81. The van der Waals surface area contributed by atoms with Gasteiger partial charge >= 0.3 is 0 Å². The molecule has 3 aliphatic rings. The third-order valence-corrected chi connectivity index (χ3v) is 7.39. The minimum absolute atomic E-state index is 0.0560. The van der Waals surface area contributed by atoms with Gasteiger partial charge in [-0.2, -0.15) is 0 Å². The first-order valence-corrected chi connectivity index (χ1v) is 11.0. The van der Waals surface area contributed by atoms with Crippen LogP contribution in [0.4, 0.5) is 0 Å². The highest BCUT2D eigenvalue weighted by atomic mass is 16.5. The van der Waals surface area contributed by atoms with Gasteiger partial charge in [-0.25, -0.2) is 0 Å². The number of carbonyl (C=O) groups excluding carboxylic acids is 1. The summed E-state index contributed by atoms with van der Waals surface area (Å²) in [7, 11) is 3.39. The summed E-state index contributed by atoms with van der Waals surface area (Å²) in [5.41, 5.74) is 2.70. The SMILES string of the molecule is COc1cc2c(cc1OC)C1(CCCC1)CN(C(=O)[C@@H](C)[NH+]1CCCCC1)C2. The summed E-state index contributed by atoms with van der Waals surface area (Å²) >= 11 is 0. The van der Waals surface area contributed by atoms with Crippen LogP contribution in [0.15, 0.2) is 12.1 Å². The molecule has 5 heteroatoms. The Hall–Kier alpha value is -1.75. The number of methoxy groups -OCH3 is 2. The van der Waals surface area contributed by atoms with Crippen LogP contribution in [0.1, 0.15) is 63.0 Å². The molecule has 0 unspecified atom stereocenters. The van der Waals surface area contributed by atoms with Gasteiger partial charge in [-0.15, -0.1) is 0 Å². The Bertz CT molecular complexity index is 721. The van der Waals surface area contributed by atoms with E-state index < -0.39 is 0 Å². The Balaban J connectivity index is 1.65. The van der Waals surface area contributed by atoms with E-state index in [1.54, 1.807) is 14.2 Å². The van der Waals surface area contributed by atoms with Crippen LogP contribution in [0.5, 0.6) is 11.5 Å². The molecule has 1 saturated carbocycles. The van der Waals surface area contributed by atoms with Gasteiger partial charge in [-0.1, -0.05) is 12.8 Å². The van der Waals surface area contributed by atoms with Crippen molar-refractivity contribution in [2.24, 2.45) is 0 Å². The Labute approximate surface area is 169 Å². The third kappa shape index (κ3) is 3.38. The Morgan fingerprint density at radius 1 is 1.04 bits per heavy atom. The number of nitrogens with one attached hydrogen (secondary N) is 1. The fourth-order valence-corrected chi connectivity index (χ4v) is 5.78. The molecule has 1 N–H and O–H groups in total. The summed E-state index contributed by atoms with van der Waals surface area (Å²) in [5, 5.41) is 0. The maximum Gasteiger partial charge on any atom is 0.280 e. The molecule has 4 rings (SSSR count). The van der Waals surface area contributed by atoms with Gasteiger partial charge in [-0.05, 0) is 62.3 Å². The van der Waals surface area contributed by atoms with Crippen molar-refractivity contribution < 1.29 is 19.2 Å². The molecule has 1 atom stereocenters. The van der Waals surface area contributed by atoms with Gasteiger partial charge in [-0.3, -0.25) is 4.79 Å². The van der Waals surface area contributed by atoms with Crippen LogP contribution < -0.4 is 14.4 Å². The Morgan fingerprint density at radius 3 is 2.32 bits per heavy atom. The second-order valence-electron chi connectivity index (χ2n) is 8.99. The van der Waals surface area contributed by atoms with E-state index in [9.17, 15) is 4.79 Å². The second-order valence-corrected chi connectivity index (χ2v) is 8.99. The molecule has 1 aliphatic carbocycles. The molecule has 0 bridgehead atoms. The first-order chi connectivity index (χ1) is 13.6. The van der Waals surface area contributed by atoms with Crippen LogP contribution in [0.2, 0.25) is 0 Å². The lowest BCUT2D eigenvalue weighted by atomic mass is 9.73. The zero-order valence-corrected chi connectivity index (χ0v) is 17.7. The van der Waals surface area contributed by atoms with Gasteiger partial charge in [0, 0.05) is 18.5 Å². The van der Waals surface area contributed by atoms with Gasteiger partial charge < -0.3 is 19.3 Å². The minimum atomic E-state index is 0.0560. The number of hydrogen-bond acceptors (Lipinski definition) is 3. The van der Waals surface area contributed by atoms with Crippen LogP contribution in [0, 0.1) is 0 Å². The molecular weight excluding hydrogens is 352 g/mol. The molecule has 2 heterocycles. The fraction of sp³-hybridized carbons (Fsp3) is 0.696. The number of hydrogen-bond donors (Lipinski definition) is 1. The molecule has 1 spiro atoms. The van der Waals surface area contributed by atoms with Crippen molar-refractivity contribution in [2.45, 2.75) is 69.9 Å². The van der Waals surface area contributed by atoms with Crippen molar-refractivity contribution >= 4 is 5.91 Å². The number of carbonyl (C=O) groups is 1. The number of benzene rings is 1. The van der Waals surface area contributed by atoms with Crippen molar-refractivity contribution in [3.8, 4) is 11.5 Å². The fourth-order valence-electron chi connectivity index (χ4n) is 5.78. The second kappa shape index (κ2) is 7.94. The van der Waals surface area contributed by atoms with Gasteiger partial charge in [0.1, 0.15) is 0 Å². The largest absolute Gasteiger partial charge is 0.493 e. The molecule has 2 aliphatic heterocycles. The van der Waals surface area contributed by atoms with Crippen LogP contribution >= 0.6 is 0 Å². The van der Waals surface area contributed by atoms with Crippen molar-refractivity contribution in [1.29, 1.82) is 0 Å². The first kappa shape index (κ1) is 19.6. The molecule has 1 amide bonds. The highest BCUT2D eigenvalue weighted by Gasteiger charge is 2.45. The summed E-state index contributed by atoms with van der Waals surface area (Å²) < 4.78 is 11.1. The Morgan fingerprint density at radius 2 is 1.68 bits per heavy atom. The van der Waals surface area contributed by atoms with Gasteiger partial charge in [0.05, 0.1) is 27.3 Å². The van der Waals surface area contributed by atoms with E-state index in [0.29, 0.717) is 12.5 Å². The van der Waals surface area contributed by atoms with Crippen molar-refractivity contribution in [3.63, 3.8) is 0 Å². The average Bonchev–Trinajstić information content (AvgIpc) is 3.21. The molecule has 0 aromatic heterocycles. The standard InChI is InChI=1S/C23H34N2O3/c1-17(24-11-7-4-8-12-24)22(26)25-15-18-13-20(27-2)21(28-3)14-19(18)23(16-25)9-5-6-10-23/h13-14,17H,4-12,15-16H2,1-3H3/p+1/t17-/m1/s1. The normalized spacial score (nSPS) is 22.8. The quantitative estimate of drug-likeness (QED) is 0.862. The van der Waals surface area contributed by atoms with Crippen molar-refractivity contribution in [1.82, 2.24) is 4.90 Å². The lowest BCUT2D eigenvalue weighted by Gasteiger charge is -2.43. The monoisotopic (exact) mass is 387 g/mol. The number of fused-ring (bicyclic) bond motifs is 2. The number of amides is 1. The summed E-state index contributed by atoms with van der Waals surface area (Å²) in [5.74, 6) is 1.89. The summed E-state index contributed by atoms with van der Waals surface area (Å²) in [6.07, 6.45) is 8.60. The van der Waals surface area contributed by atoms with Crippen molar-refractivity contribution in [2.75, 3.05) is 33.9 Å². The van der Waals surface area contributed by atoms with Crippen LogP contribution in [0.3, 0.4) is 0 Å². The number of likely N-dealkylation sites (tertiary alicyclic amines) is 1. The number of quaternary nitrogens is 1. The van der Waals surface area contributed by atoms with E-state index in [-0.39, 0.29) is 11.5 Å². The van der Waals surface area contributed by atoms with Crippen LogP contribution in [-0.4, -0.2) is 50.7 Å². The predicted molar refractivity (Wildman–Crippen MR) is 109 cm³/mol. The lowest BCUT2D eigenvalue weighted by molar-refractivity contribution is -0.919. The summed E-state index contributed by atoms with van der Waals surface area (Å²) in [6, 6.07) is 4.34. The average molecular weight is 388 g/mol. The molecule has 5 nitrogen and oxygen atoms in total. The lowest BCUT2D eigenvalue weighted by Crippen LogP contribution is -3.17. The van der Waals surface area contributed by atoms with Crippen LogP contribution in [0.25, 0.3) is 0 Å². The first-order valence-electron chi connectivity index (χ1n) is 11.0. The molecule has 154 valence electrons. The maximum atomic E-state index is 13.5. The van der Waals surface area contributed by atoms with Crippen molar-refractivity contribution in [3.05, 3.63) is 23.3 Å². The zero-order valence-electron chi connectivity index (χ0n) is 17.7. The summed E-state index contributed by atoms with van der Waals surface area (Å²) in [4.78, 5) is 17.1. The predicted octanol–water partition coefficient (Wildman–Crippen LogP) is 2.32. The Kier molecular flexibility index (Phi) is 5.55. The number of piperidine rings is 1. The van der Waals surface area contributed by atoms with Gasteiger partial charge in [0.15, 0.2) is 17.5 Å². The molecule has 1 aromatic carbocycles. The molecular formula is C23H35N2O3+. The number of rotatable bonds is 4. The molecule has 1 aromatic rings. The number of ether oxygens (including phenoxy) is 2. The van der Waals surface area contributed by atoms with E-state index in [0.717, 1.165) is 44.0 Å². The minimum Gasteiger partial charge on any atom is -0.493 e. The smallest absolute Gasteiger partial charge is 0.280 e. The van der Waals surface area contributed by atoms with E-state index in [1.807, 2.05) is 0 Å². The number of nitrogens with zero attached hydrogens (tertiary/aromatic N) is 1. The van der Waals surface area contributed by atoms with E-state index in [1.165, 1.54) is 48.1 Å². The van der Waals surface area contributed by atoms with E-state index >= 15 is 0 Å². The van der Waals surface area contributed by atoms with E-state index in [2.05, 4.69) is 24.0 Å². The van der Waals surface area contributed by atoms with Gasteiger partial charge in [0.25, 0.3) is 5.91 Å². The third-order valence-electron chi connectivity index (χ3n) is 7.39. The van der Waals surface area contributed by atoms with E-state index in [4.69, 9.17) is 9.47 Å². The highest BCUT2D eigenvalue weighted by Crippen LogP contribution is 2.48. The zero-order chi connectivity index (χ0) is 19.7. The van der Waals surface area contributed by atoms with Crippen LogP contribution in [-0.2, 0) is 16.8 Å². The van der Waals surface area contributed by atoms with Gasteiger partial charge in [0.2, 0.25) is 0 Å². The molecule has 2 fully saturated rings. The topological polar surface area (TPSA) is 43.2 Å². The molecule has 1 saturated heterocycles. The summed E-state index contributed by atoms with van der Waals surface area (Å²) in [6.45, 7) is 5.94.